The standard InChI is InChI=1S/C15H13FN2O2S/c1-10-2-5-15(14(18)6-10)21(19,20)9-12-4-3-11(8-17)7-13(12)16/h2-7H,9,18H2,1H3. The van der Waals surface area contributed by atoms with E-state index in [2.05, 4.69) is 0 Å². The van der Waals surface area contributed by atoms with Crippen molar-refractivity contribution in [3.8, 4) is 6.07 Å². The molecule has 0 aliphatic rings. The minimum Gasteiger partial charge on any atom is -0.398 e. The molecule has 0 spiro atoms. The number of benzene rings is 2. The SMILES string of the molecule is Cc1ccc(S(=O)(=O)Cc2ccc(C#N)cc2F)c(N)c1. The zero-order valence-corrected chi connectivity index (χ0v) is 12.1. The van der Waals surface area contributed by atoms with Gasteiger partial charge in [-0.3, -0.25) is 0 Å². The minimum atomic E-state index is -3.75. The maximum atomic E-state index is 13.8. The molecular formula is C15H13FN2O2S. The van der Waals surface area contributed by atoms with Crippen molar-refractivity contribution in [2.45, 2.75) is 17.6 Å². The third kappa shape index (κ3) is 3.20. The Morgan fingerprint density at radius 1 is 1.24 bits per heavy atom. The average molecular weight is 304 g/mol. The van der Waals surface area contributed by atoms with Gasteiger partial charge in [-0.15, -0.1) is 0 Å². The molecule has 0 unspecified atom stereocenters. The summed E-state index contributed by atoms with van der Waals surface area (Å²) in [6, 6.07) is 10.1. The highest BCUT2D eigenvalue weighted by Gasteiger charge is 2.20. The van der Waals surface area contributed by atoms with Gasteiger partial charge in [-0.2, -0.15) is 5.26 Å². The Hall–Kier alpha value is -2.39. The highest BCUT2D eigenvalue weighted by molar-refractivity contribution is 7.90. The second-order valence-corrected chi connectivity index (χ2v) is 6.68. The van der Waals surface area contributed by atoms with Crippen molar-refractivity contribution in [3.63, 3.8) is 0 Å². The van der Waals surface area contributed by atoms with Gasteiger partial charge in [0.15, 0.2) is 9.84 Å². The summed E-state index contributed by atoms with van der Waals surface area (Å²) in [6.45, 7) is 1.80. The molecule has 0 atom stereocenters. The third-order valence-electron chi connectivity index (χ3n) is 3.03. The lowest BCUT2D eigenvalue weighted by Gasteiger charge is -2.09. The predicted octanol–water partition coefficient (Wildman–Crippen LogP) is 2.56. The van der Waals surface area contributed by atoms with Crippen molar-refractivity contribution in [1.82, 2.24) is 0 Å². The van der Waals surface area contributed by atoms with E-state index < -0.39 is 21.4 Å². The van der Waals surface area contributed by atoms with E-state index in [0.29, 0.717) is 0 Å². The van der Waals surface area contributed by atoms with Crippen molar-refractivity contribution in [1.29, 1.82) is 5.26 Å². The molecule has 0 saturated heterocycles. The summed E-state index contributed by atoms with van der Waals surface area (Å²) in [5.74, 6) is -1.22. The molecule has 0 aliphatic carbocycles. The van der Waals surface area contributed by atoms with E-state index in [-0.39, 0.29) is 21.7 Å². The number of anilines is 1. The van der Waals surface area contributed by atoms with Gasteiger partial charge in [0.2, 0.25) is 0 Å². The number of nitriles is 1. The molecule has 0 radical (unpaired) electrons. The molecule has 21 heavy (non-hydrogen) atoms. The molecule has 0 aromatic heterocycles. The lowest BCUT2D eigenvalue weighted by molar-refractivity contribution is 0.587. The summed E-state index contributed by atoms with van der Waals surface area (Å²) >= 11 is 0. The smallest absolute Gasteiger partial charge is 0.184 e. The first-order chi connectivity index (χ1) is 9.83. The summed E-state index contributed by atoms with van der Waals surface area (Å²) in [4.78, 5) is -0.0168. The summed E-state index contributed by atoms with van der Waals surface area (Å²) in [6.07, 6.45) is 0. The highest BCUT2D eigenvalue weighted by atomic mass is 32.2. The molecule has 6 heteroatoms. The van der Waals surface area contributed by atoms with Gasteiger partial charge in [-0.05, 0) is 36.8 Å². The van der Waals surface area contributed by atoms with Crippen LogP contribution in [0.4, 0.5) is 10.1 Å². The highest BCUT2D eigenvalue weighted by Crippen LogP contribution is 2.24. The maximum Gasteiger partial charge on any atom is 0.184 e. The van der Waals surface area contributed by atoms with Crippen molar-refractivity contribution in [2.75, 3.05) is 5.73 Å². The van der Waals surface area contributed by atoms with Gasteiger partial charge in [-0.1, -0.05) is 12.1 Å². The predicted molar refractivity (Wildman–Crippen MR) is 77.6 cm³/mol. The van der Waals surface area contributed by atoms with Crippen LogP contribution in [0, 0.1) is 24.1 Å². The normalized spacial score (nSPS) is 11.1. The molecule has 0 fully saturated rings. The van der Waals surface area contributed by atoms with Gasteiger partial charge >= 0.3 is 0 Å². The molecule has 0 heterocycles. The van der Waals surface area contributed by atoms with E-state index in [9.17, 15) is 12.8 Å². The van der Waals surface area contributed by atoms with Crippen LogP contribution in [0.3, 0.4) is 0 Å². The minimum absolute atomic E-state index is 0.00831. The van der Waals surface area contributed by atoms with Gasteiger partial charge in [0.1, 0.15) is 5.82 Å². The Morgan fingerprint density at radius 2 is 1.95 bits per heavy atom. The van der Waals surface area contributed by atoms with Crippen LogP contribution in [0.5, 0.6) is 0 Å². The summed E-state index contributed by atoms with van der Waals surface area (Å²) in [5, 5.41) is 8.67. The molecule has 2 aromatic carbocycles. The van der Waals surface area contributed by atoms with Crippen LogP contribution in [0.2, 0.25) is 0 Å². The van der Waals surface area contributed by atoms with Crippen LogP contribution in [-0.2, 0) is 15.6 Å². The third-order valence-corrected chi connectivity index (χ3v) is 4.76. The van der Waals surface area contributed by atoms with Crippen LogP contribution in [-0.4, -0.2) is 8.42 Å². The quantitative estimate of drug-likeness (QED) is 0.883. The van der Waals surface area contributed by atoms with E-state index >= 15 is 0 Å². The van der Waals surface area contributed by atoms with Gasteiger partial charge < -0.3 is 5.73 Å². The lowest BCUT2D eigenvalue weighted by atomic mass is 10.1. The van der Waals surface area contributed by atoms with E-state index in [0.717, 1.165) is 11.6 Å². The van der Waals surface area contributed by atoms with E-state index in [1.165, 1.54) is 18.2 Å². The Morgan fingerprint density at radius 3 is 2.52 bits per heavy atom. The number of hydrogen-bond donors (Lipinski definition) is 1. The summed E-state index contributed by atoms with van der Waals surface area (Å²) < 4.78 is 38.5. The van der Waals surface area contributed by atoms with Gasteiger partial charge in [0.05, 0.1) is 28.0 Å². The Bertz CT molecular complexity index is 839. The monoisotopic (exact) mass is 304 g/mol. The van der Waals surface area contributed by atoms with E-state index in [1.807, 2.05) is 0 Å². The molecule has 0 bridgehead atoms. The van der Waals surface area contributed by atoms with Gasteiger partial charge in [0.25, 0.3) is 0 Å². The molecule has 2 aromatic rings. The van der Waals surface area contributed by atoms with Crippen LogP contribution >= 0.6 is 0 Å². The Balaban J connectivity index is 2.40. The maximum absolute atomic E-state index is 13.8. The number of hydrogen-bond acceptors (Lipinski definition) is 4. The van der Waals surface area contributed by atoms with Crippen LogP contribution < -0.4 is 5.73 Å². The van der Waals surface area contributed by atoms with Gasteiger partial charge in [-0.25, -0.2) is 12.8 Å². The first kappa shape index (κ1) is 15.0. The van der Waals surface area contributed by atoms with Crippen LogP contribution in [0.25, 0.3) is 0 Å². The topological polar surface area (TPSA) is 84.0 Å². The second-order valence-electron chi connectivity index (χ2n) is 4.72. The first-order valence-corrected chi connectivity index (χ1v) is 7.76. The first-order valence-electron chi connectivity index (χ1n) is 6.11. The summed E-state index contributed by atoms with van der Waals surface area (Å²) in [5.41, 5.74) is 6.87. The van der Waals surface area contributed by atoms with Gasteiger partial charge in [0, 0.05) is 5.56 Å². The van der Waals surface area contributed by atoms with Crippen molar-refractivity contribution in [3.05, 3.63) is 58.9 Å². The fourth-order valence-electron chi connectivity index (χ4n) is 1.97. The molecular weight excluding hydrogens is 291 g/mol. The zero-order chi connectivity index (χ0) is 15.6. The molecule has 108 valence electrons. The average Bonchev–Trinajstić information content (AvgIpc) is 2.40. The number of aryl methyl sites for hydroxylation is 1. The number of halogens is 1. The zero-order valence-electron chi connectivity index (χ0n) is 11.3. The molecule has 4 nitrogen and oxygen atoms in total. The number of nitrogens with zero attached hydrogens (tertiary/aromatic N) is 1. The summed E-state index contributed by atoms with van der Waals surface area (Å²) in [7, 11) is -3.75. The van der Waals surface area contributed by atoms with E-state index in [4.69, 9.17) is 11.0 Å². The molecule has 0 aliphatic heterocycles. The van der Waals surface area contributed by atoms with Crippen molar-refractivity contribution in [2.24, 2.45) is 0 Å². The molecule has 2 N–H and O–H groups in total. The largest absolute Gasteiger partial charge is 0.398 e. The Labute approximate surface area is 122 Å². The van der Waals surface area contributed by atoms with Crippen LogP contribution in [0.1, 0.15) is 16.7 Å². The second kappa shape index (κ2) is 5.54. The van der Waals surface area contributed by atoms with Crippen molar-refractivity contribution < 1.29 is 12.8 Å². The molecule has 2 rings (SSSR count). The number of nitrogen functional groups attached to an aromatic ring is 1. The van der Waals surface area contributed by atoms with Crippen molar-refractivity contribution >= 4 is 15.5 Å². The molecule has 0 saturated carbocycles. The number of sulfone groups is 1. The fourth-order valence-corrected chi connectivity index (χ4v) is 3.46. The van der Waals surface area contributed by atoms with Crippen LogP contribution in [0.15, 0.2) is 41.3 Å². The Kier molecular flexibility index (Phi) is 3.96. The number of nitrogens with two attached hydrogens (primary N) is 1. The van der Waals surface area contributed by atoms with E-state index in [1.54, 1.807) is 25.1 Å². The lowest BCUT2D eigenvalue weighted by Crippen LogP contribution is -2.09. The molecule has 0 amide bonds. The fraction of sp³-hybridized carbons (Fsp3) is 0.133. The number of rotatable bonds is 3.